The van der Waals surface area contributed by atoms with Gasteiger partial charge in [0.1, 0.15) is 25.0 Å². The van der Waals surface area contributed by atoms with Gasteiger partial charge in [0, 0.05) is 19.5 Å². The van der Waals surface area contributed by atoms with Crippen LogP contribution in [0.4, 0.5) is 0 Å². The fraction of sp³-hybridized carbons (Fsp3) is 0.462. The molecule has 0 spiro atoms. The van der Waals surface area contributed by atoms with Crippen LogP contribution in [0.2, 0.25) is 0 Å². The summed E-state index contributed by atoms with van der Waals surface area (Å²) in [5, 5.41) is 2.95. The molecular formula is C26H34N2O5. The Labute approximate surface area is 196 Å². The third kappa shape index (κ3) is 6.88. The Hall–Kier alpha value is -3.22. The number of hydrogen-bond donors (Lipinski definition) is 1. The summed E-state index contributed by atoms with van der Waals surface area (Å²) < 4.78 is 16.5. The maximum Gasteiger partial charge on any atom is 0.242 e. The summed E-state index contributed by atoms with van der Waals surface area (Å²) in [6, 6.07) is 12.7. The Morgan fingerprint density at radius 2 is 1.79 bits per heavy atom. The number of benzene rings is 2. The highest BCUT2D eigenvalue weighted by atomic mass is 16.6. The van der Waals surface area contributed by atoms with Gasteiger partial charge >= 0.3 is 0 Å². The predicted molar refractivity (Wildman–Crippen MR) is 127 cm³/mol. The second-order valence-corrected chi connectivity index (χ2v) is 8.67. The third-order valence-electron chi connectivity index (χ3n) is 5.57. The van der Waals surface area contributed by atoms with Crippen molar-refractivity contribution in [1.29, 1.82) is 0 Å². The molecule has 0 saturated carbocycles. The quantitative estimate of drug-likeness (QED) is 0.594. The van der Waals surface area contributed by atoms with E-state index in [4.69, 9.17) is 14.2 Å². The van der Waals surface area contributed by atoms with Crippen LogP contribution >= 0.6 is 0 Å². The zero-order chi connectivity index (χ0) is 23.8. The van der Waals surface area contributed by atoms with Crippen LogP contribution in [0.15, 0.2) is 42.5 Å². The molecule has 1 aliphatic heterocycles. The van der Waals surface area contributed by atoms with Crippen molar-refractivity contribution in [2.75, 3.05) is 26.9 Å². The number of rotatable bonds is 10. The molecule has 7 nitrogen and oxygen atoms in total. The van der Waals surface area contributed by atoms with E-state index in [9.17, 15) is 9.59 Å². The molecule has 2 aromatic rings. The van der Waals surface area contributed by atoms with Crippen molar-refractivity contribution in [2.45, 2.75) is 46.2 Å². The molecule has 178 valence electrons. The number of amides is 2. The molecule has 3 rings (SSSR count). The first-order chi connectivity index (χ1) is 15.9. The minimum atomic E-state index is -0.595. The van der Waals surface area contributed by atoms with Gasteiger partial charge in [-0.25, -0.2) is 0 Å². The molecule has 0 aliphatic carbocycles. The topological polar surface area (TPSA) is 77.1 Å². The summed E-state index contributed by atoms with van der Waals surface area (Å²) in [6.45, 7) is 7.81. The van der Waals surface area contributed by atoms with Crippen LogP contribution in [0.1, 0.15) is 38.3 Å². The molecule has 0 saturated heterocycles. The molecule has 0 radical (unpaired) electrons. The molecule has 1 atom stereocenters. The van der Waals surface area contributed by atoms with Gasteiger partial charge in [-0.2, -0.15) is 0 Å². The van der Waals surface area contributed by atoms with E-state index in [-0.39, 0.29) is 18.2 Å². The Bertz CT molecular complexity index is 959. The summed E-state index contributed by atoms with van der Waals surface area (Å²) in [5.41, 5.74) is 1.90. The molecule has 1 N–H and O–H groups in total. The minimum absolute atomic E-state index is 0.0834. The molecule has 1 aliphatic rings. The van der Waals surface area contributed by atoms with Crippen molar-refractivity contribution in [1.82, 2.24) is 10.2 Å². The second kappa shape index (κ2) is 11.6. The van der Waals surface area contributed by atoms with E-state index in [0.717, 1.165) is 16.9 Å². The average Bonchev–Trinajstić information content (AvgIpc) is 2.83. The highest BCUT2D eigenvalue weighted by Crippen LogP contribution is 2.31. The number of methoxy groups -OCH3 is 1. The predicted octanol–water partition coefficient (Wildman–Crippen LogP) is 3.59. The number of fused-ring (bicyclic) bond motifs is 1. The Balaban J connectivity index is 1.72. The maximum atomic E-state index is 13.3. The highest BCUT2D eigenvalue weighted by Gasteiger charge is 2.26. The van der Waals surface area contributed by atoms with Crippen molar-refractivity contribution in [3.05, 3.63) is 53.6 Å². The van der Waals surface area contributed by atoms with Gasteiger partial charge in [0.05, 0.1) is 7.11 Å². The number of ether oxygens (including phenoxy) is 3. The summed E-state index contributed by atoms with van der Waals surface area (Å²) in [7, 11) is 1.61. The fourth-order valence-corrected chi connectivity index (χ4v) is 3.64. The standard InChI is InChI=1S/C26H34N2O5/c1-18(2)16-27-26(30)19(3)28(17-21-6-5-7-22(14-21)31-4)25(29)11-9-20-8-10-23-24(15-20)33-13-12-32-23/h5-8,10,14-15,18-19H,9,11-13,16-17H2,1-4H3,(H,27,30). The molecular weight excluding hydrogens is 420 g/mol. The van der Waals surface area contributed by atoms with Crippen LogP contribution in [0.5, 0.6) is 17.2 Å². The number of nitrogens with one attached hydrogen (secondary N) is 1. The van der Waals surface area contributed by atoms with Gasteiger partial charge in [0.25, 0.3) is 0 Å². The van der Waals surface area contributed by atoms with Crippen molar-refractivity contribution in [3.8, 4) is 17.2 Å². The number of hydrogen-bond acceptors (Lipinski definition) is 5. The van der Waals surface area contributed by atoms with E-state index < -0.39 is 6.04 Å². The molecule has 2 aromatic carbocycles. The van der Waals surface area contributed by atoms with Gasteiger partial charge in [-0.15, -0.1) is 0 Å². The highest BCUT2D eigenvalue weighted by molar-refractivity contribution is 5.87. The van der Waals surface area contributed by atoms with Gasteiger partial charge in [0.15, 0.2) is 11.5 Å². The summed E-state index contributed by atoms with van der Waals surface area (Å²) in [4.78, 5) is 27.7. The van der Waals surface area contributed by atoms with Gasteiger partial charge in [0.2, 0.25) is 11.8 Å². The molecule has 2 amide bonds. The van der Waals surface area contributed by atoms with Gasteiger partial charge < -0.3 is 24.4 Å². The lowest BCUT2D eigenvalue weighted by Crippen LogP contribution is -2.48. The smallest absolute Gasteiger partial charge is 0.242 e. The van der Waals surface area contributed by atoms with Crippen molar-refractivity contribution >= 4 is 11.8 Å². The molecule has 7 heteroatoms. The zero-order valence-corrected chi connectivity index (χ0v) is 19.9. The first-order valence-corrected chi connectivity index (χ1v) is 11.5. The number of nitrogens with zero attached hydrogens (tertiary/aromatic N) is 1. The third-order valence-corrected chi connectivity index (χ3v) is 5.57. The van der Waals surface area contributed by atoms with E-state index in [1.807, 2.05) is 56.3 Å². The molecule has 0 fully saturated rings. The maximum absolute atomic E-state index is 13.3. The molecule has 33 heavy (non-hydrogen) atoms. The lowest BCUT2D eigenvalue weighted by atomic mass is 10.1. The van der Waals surface area contributed by atoms with E-state index in [0.29, 0.717) is 50.1 Å². The first kappa shape index (κ1) is 24.4. The van der Waals surface area contributed by atoms with Crippen LogP contribution < -0.4 is 19.5 Å². The van der Waals surface area contributed by atoms with Crippen molar-refractivity contribution in [3.63, 3.8) is 0 Å². The van der Waals surface area contributed by atoms with E-state index >= 15 is 0 Å². The minimum Gasteiger partial charge on any atom is -0.497 e. The average molecular weight is 455 g/mol. The van der Waals surface area contributed by atoms with Crippen LogP contribution in [0, 0.1) is 5.92 Å². The Kier molecular flexibility index (Phi) is 8.58. The monoisotopic (exact) mass is 454 g/mol. The van der Waals surface area contributed by atoms with Crippen LogP contribution in [-0.4, -0.2) is 49.6 Å². The lowest BCUT2D eigenvalue weighted by Gasteiger charge is -2.29. The SMILES string of the molecule is COc1cccc(CN(C(=O)CCc2ccc3c(c2)OCCO3)C(C)C(=O)NCC(C)C)c1. The second-order valence-electron chi connectivity index (χ2n) is 8.67. The Morgan fingerprint density at radius 3 is 2.52 bits per heavy atom. The van der Waals surface area contributed by atoms with Crippen molar-refractivity contribution < 1.29 is 23.8 Å². The van der Waals surface area contributed by atoms with E-state index in [1.165, 1.54) is 0 Å². The Morgan fingerprint density at radius 1 is 1.03 bits per heavy atom. The van der Waals surface area contributed by atoms with Gasteiger partial charge in [-0.05, 0) is 54.7 Å². The van der Waals surface area contributed by atoms with Crippen LogP contribution in [0.25, 0.3) is 0 Å². The van der Waals surface area contributed by atoms with Crippen molar-refractivity contribution in [2.24, 2.45) is 5.92 Å². The zero-order valence-electron chi connectivity index (χ0n) is 19.9. The molecule has 1 unspecified atom stereocenters. The first-order valence-electron chi connectivity index (χ1n) is 11.5. The fourth-order valence-electron chi connectivity index (χ4n) is 3.64. The number of carbonyl (C=O) groups is 2. The number of carbonyl (C=O) groups excluding carboxylic acids is 2. The molecule has 1 heterocycles. The van der Waals surface area contributed by atoms with E-state index in [2.05, 4.69) is 5.32 Å². The molecule has 0 aromatic heterocycles. The van der Waals surface area contributed by atoms with Crippen LogP contribution in [-0.2, 0) is 22.6 Å². The van der Waals surface area contributed by atoms with E-state index in [1.54, 1.807) is 18.9 Å². The summed E-state index contributed by atoms with van der Waals surface area (Å²) >= 11 is 0. The lowest BCUT2D eigenvalue weighted by molar-refractivity contribution is -0.140. The largest absolute Gasteiger partial charge is 0.497 e. The number of aryl methyl sites for hydroxylation is 1. The summed E-state index contributed by atoms with van der Waals surface area (Å²) in [6.07, 6.45) is 0.829. The van der Waals surface area contributed by atoms with Gasteiger partial charge in [-0.1, -0.05) is 32.0 Å². The summed E-state index contributed by atoms with van der Waals surface area (Å²) in [5.74, 6) is 2.25. The van der Waals surface area contributed by atoms with Crippen LogP contribution in [0.3, 0.4) is 0 Å². The van der Waals surface area contributed by atoms with Gasteiger partial charge in [-0.3, -0.25) is 9.59 Å². The molecule has 0 bridgehead atoms. The normalized spacial score (nSPS) is 13.4.